The lowest BCUT2D eigenvalue weighted by atomic mass is 10.2. The zero-order valence-corrected chi connectivity index (χ0v) is 12.2. The molecule has 0 saturated heterocycles. The summed E-state index contributed by atoms with van der Waals surface area (Å²) < 4.78 is 41.9. The Morgan fingerprint density at radius 3 is 2.52 bits per heavy atom. The van der Waals surface area contributed by atoms with Gasteiger partial charge in [0.2, 0.25) is 0 Å². The maximum atomic E-state index is 12.2. The molecule has 0 N–H and O–H groups in total. The first-order valence-corrected chi connectivity index (χ1v) is 7.06. The number of hydrogen-bond donors (Lipinski definition) is 0. The van der Waals surface area contributed by atoms with Crippen LogP contribution in [0, 0.1) is 6.92 Å². The molecule has 0 amide bonds. The van der Waals surface area contributed by atoms with Crippen molar-refractivity contribution in [2.45, 2.75) is 33.3 Å². The Labute approximate surface area is 121 Å². The van der Waals surface area contributed by atoms with E-state index >= 15 is 0 Å². The summed E-state index contributed by atoms with van der Waals surface area (Å²) in [4.78, 5) is 24.8. The molecular weight excluding hydrogens is 309 g/mol. The Bertz CT molecular complexity index is 773. The van der Waals surface area contributed by atoms with Crippen molar-refractivity contribution in [1.82, 2.24) is 9.13 Å². The van der Waals surface area contributed by atoms with E-state index in [0.717, 1.165) is 20.5 Å². The summed E-state index contributed by atoms with van der Waals surface area (Å²) in [5.74, 6) is 0. The van der Waals surface area contributed by atoms with Crippen LogP contribution in [-0.2, 0) is 17.8 Å². The molecule has 5 nitrogen and oxygen atoms in total. The van der Waals surface area contributed by atoms with E-state index in [2.05, 4.69) is 4.74 Å². The van der Waals surface area contributed by atoms with Gasteiger partial charge in [-0.25, -0.2) is 4.79 Å². The molecule has 0 atom stereocenters. The molecule has 0 saturated carbocycles. The van der Waals surface area contributed by atoms with Crippen LogP contribution in [0.25, 0.3) is 10.2 Å². The molecule has 9 heteroatoms. The van der Waals surface area contributed by atoms with Crippen LogP contribution in [-0.4, -0.2) is 22.1 Å². The molecule has 0 aromatic carbocycles. The molecule has 0 bridgehead atoms. The molecule has 116 valence electrons. The average molecular weight is 322 g/mol. The van der Waals surface area contributed by atoms with Crippen molar-refractivity contribution < 1.29 is 17.9 Å². The molecule has 2 heterocycles. The Balaban J connectivity index is 2.52. The van der Waals surface area contributed by atoms with Gasteiger partial charge in [0.25, 0.3) is 5.56 Å². The summed E-state index contributed by atoms with van der Waals surface area (Å²) in [5.41, 5.74) is -0.334. The zero-order chi connectivity index (χ0) is 15.8. The second kappa shape index (κ2) is 5.64. The molecule has 0 spiro atoms. The summed E-state index contributed by atoms with van der Waals surface area (Å²) in [5, 5.41) is 2.07. The Kier molecular flexibility index (Phi) is 4.24. The topological polar surface area (TPSA) is 53.2 Å². The van der Waals surface area contributed by atoms with Crippen LogP contribution in [0.5, 0.6) is 0 Å². The molecule has 0 unspecified atom stereocenters. The third-order valence-electron chi connectivity index (χ3n) is 3.02. The van der Waals surface area contributed by atoms with Crippen LogP contribution in [0.15, 0.2) is 15.0 Å². The number of aryl methyl sites for hydroxylation is 1. The number of alkyl halides is 3. The summed E-state index contributed by atoms with van der Waals surface area (Å²) in [7, 11) is 0. The Morgan fingerprint density at radius 1 is 1.29 bits per heavy atom. The first kappa shape index (κ1) is 15.8. The van der Waals surface area contributed by atoms with E-state index in [9.17, 15) is 22.8 Å². The lowest BCUT2D eigenvalue weighted by Crippen LogP contribution is -2.40. The third-order valence-corrected chi connectivity index (χ3v) is 4.14. The van der Waals surface area contributed by atoms with E-state index in [-0.39, 0.29) is 13.1 Å². The normalized spacial score (nSPS) is 12.2. The molecule has 0 fully saturated rings. The van der Waals surface area contributed by atoms with Crippen molar-refractivity contribution in [2.24, 2.45) is 0 Å². The number of halogens is 3. The predicted octanol–water partition coefficient (Wildman–Crippen LogP) is 2.09. The summed E-state index contributed by atoms with van der Waals surface area (Å²) in [6.45, 7) is 2.56. The van der Waals surface area contributed by atoms with Gasteiger partial charge in [-0.2, -0.15) is 0 Å². The number of hydrogen-bond acceptors (Lipinski definition) is 4. The van der Waals surface area contributed by atoms with E-state index in [1.807, 2.05) is 0 Å². The summed E-state index contributed by atoms with van der Waals surface area (Å²) in [6.07, 6.45) is -4.74. The Morgan fingerprint density at radius 2 is 1.95 bits per heavy atom. The van der Waals surface area contributed by atoms with Gasteiger partial charge < -0.3 is 0 Å². The van der Waals surface area contributed by atoms with E-state index in [4.69, 9.17) is 0 Å². The van der Waals surface area contributed by atoms with E-state index in [1.165, 1.54) is 0 Å². The van der Waals surface area contributed by atoms with Gasteiger partial charge >= 0.3 is 12.1 Å². The fraction of sp³-hybridized carbons (Fsp3) is 0.500. The number of fused-ring (bicyclic) bond motifs is 1. The summed E-state index contributed by atoms with van der Waals surface area (Å²) in [6, 6.07) is 0. The lowest BCUT2D eigenvalue weighted by Gasteiger charge is -2.12. The summed E-state index contributed by atoms with van der Waals surface area (Å²) >= 11 is 1.16. The highest BCUT2D eigenvalue weighted by Gasteiger charge is 2.29. The van der Waals surface area contributed by atoms with Crippen LogP contribution in [0.3, 0.4) is 0 Å². The van der Waals surface area contributed by atoms with Crippen molar-refractivity contribution >= 4 is 21.6 Å². The van der Waals surface area contributed by atoms with Crippen LogP contribution < -0.4 is 11.2 Å². The van der Waals surface area contributed by atoms with Gasteiger partial charge in [-0.15, -0.1) is 24.5 Å². The smallest absolute Gasteiger partial charge is 0.290 e. The Hall–Kier alpha value is -1.61. The largest absolute Gasteiger partial charge is 0.522 e. The number of rotatable bonds is 4. The highest BCUT2D eigenvalue weighted by Crippen LogP contribution is 2.21. The molecule has 0 aliphatic heterocycles. The van der Waals surface area contributed by atoms with Crippen LogP contribution in [0.1, 0.15) is 12.5 Å². The lowest BCUT2D eigenvalue weighted by molar-refractivity contribution is -0.325. The number of thiophene rings is 1. The van der Waals surface area contributed by atoms with Gasteiger partial charge in [0.05, 0.1) is 18.5 Å². The number of aromatic nitrogens is 2. The minimum Gasteiger partial charge on any atom is -0.290 e. The minimum absolute atomic E-state index is 0.156. The van der Waals surface area contributed by atoms with Gasteiger partial charge in [0, 0.05) is 6.54 Å². The fourth-order valence-electron chi connectivity index (χ4n) is 2.07. The maximum absolute atomic E-state index is 12.2. The van der Waals surface area contributed by atoms with Crippen LogP contribution in [0.4, 0.5) is 13.2 Å². The maximum Gasteiger partial charge on any atom is 0.522 e. The quantitative estimate of drug-likeness (QED) is 0.866. The third kappa shape index (κ3) is 3.03. The monoisotopic (exact) mass is 322 g/mol. The van der Waals surface area contributed by atoms with E-state index in [1.54, 1.807) is 19.2 Å². The van der Waals surface area contributed by atoms with Crippen molar-refractivity contribution in [3.63, 3.8) is 0 Å². The second-order valence-electron chi connectivity index (χ2n) is 4.38. The van der Waals surface area contributed by atoms with Crippen molar-refractivity contribution in [1.29, 1.82) is 0 Å². The van der Waals surface area contributed by atoms with Gasteiger partial charge in [-0.1, -0.05) is 0 Å². The van der Waals surface area contributed by atoms with Crippen LogP contribution in [0.2, 0.25) is 0 Å². The van der Waals surface area contributed by atoms with Crippen molar-refractivity contribution in [3.8, 4) is 0 Å². The standard InChI is InChI=1S/C12H13F3N2O3S/c1-3-16-9(18)8-7(2)6-21-10(8)17(11(16)19)4-5-20-12(13,14)15/h6H,3-5H2,1-2H3. The van der Waals surface area contributed by atoms with Gasteiger partial charge in [0.1, 0.15) is 4.83 Å². The number of nitrogens with zero attached hydrogens (tertiary/aromatic N) is 2. The first-order valence-electron chi connectivity index (χ1n) is 6.18. The number of ether oxygens (including phenoxy) is 1. The minimum atomic E-state index is -4.74. The second-order valence-corrected chi connectivity index (χ2v) is 5.23. The molecular formula is C12H13F3N2O3S. The highest BCUT2D eigenvalue weighted by molar-refractivity contribution is 7.17. The SMILES string of the molecule is CCn1c(=O)c2c(C)csc2n(CCOC(F)(F)F)c1=O. The van der Waals surface area contributed by atoms with Crippen molar-refractivity contribution in [2.75, 3.05) is 6.61 Å². The molecule has 0 aliphatic carbocycles. The molecule has 2 aromatic rings. The molecule has 2 aromatic heterocycles. The van der Waals surface area contributed by atoms with Crippen molar-refractivity contribution in [3.05, 3.63) is 31.8 Å². The zero-order valence-electron chi connectivity index (χ0n) is 11.4. The fourth-order valence-corrected chi connectivity index (χ4v) is 3.14. The van der Waals surface area contributed by atoms with E-state index in [0.29, 0.717) is 15.8 Å². The molecule has 21 heavy (non-hydrogen) atoms. The predicted molar refractivity (Wildman–Crippen MR) is 72.8 cm³/mol. The van der Waals surface area contributed by atoms with Gasteiger partial charge in [-0.05, 0) is 24.8 Å². The van der Waals surface area contributed by atoms with Crippen LogP contribution >= 0.6 is 11.3 Å². The highest BCUT2D eigenvalue weighted by atomic mass is 32.1. The average Bonchev–Trinajstić information content (AvgIpc) is 2.75. The van der Waals surface area contributed by atoms with E-state index < -0.39 is 24.2 Å². The first-order chi connectivity index (χ1) is 9.76. The molecule has 0 radical (unpaired) electrons. The van der Waals surface area contributed by atoms with Gasteiger partial charge in [-0.3, -0.25) is 18.7 Å². The molecule has 0 aliphatic rings. The van der Waals surface area contributed by atoms with Gasteiger partial charge in [0.15, 0.2) is 0 Å². The molecule has 2 rings (SSSR count).